The normalized spacial score (nSPS) is 13.4. The number of benzene rings is 2. The molecule has 7 nitrogen and oxygen atoms in total. The highest BCUT2D eigenvalue weighted by Crippen LogP contribution is 2.28. The third kappa shape index (κ3) is 4.16. The molecule has 0 bridgehead atoms. The molecule has 0 unspecified atom stereocenters. The van der Waals surface area contributed by atoms with Crippen molar-refractivity contribution in [1.82, 2.24) is 15.0 Å². The predicted molar refractivity (Wildman–Crippen MR) is 120 cm³/mol. The van der Waals surface area contributed by atoms with E-state index < -0.39 is 0 Å². The Morgan fingerprint density at radius 2 is 1.87 bits per heavy atom. The van der Waals surface area contributed by atoms with Crippen LogP contribution in [0.15, 0.2) is 73.2 Å². The molecule has 0 atom stereocenters. The topological polar surface area (TPSA) is 80.2 Å². The second kappa shape index (κ2) is 8.39. The minimum Gasteiger partial charge on any atom is -0.437 e. The van der Waals surface area contributed by atoms with Crippen molar-refractivity contribution < 1.29 is 9.53 Å². The van der Waals surface area contributed by atoms with E-state index >= 15 is 0 Å². The van der Waals surface area contributed by atoms with Crippen LogP contribution in [0.25, 0.3) is 10.9 Å². The molecule has 2 aromatic heterocycles. The van der Waals surface area contributed by atoms with Crippen molar-refractivity contribution in [2.24, 2.45) is 0 Å². The summed E-state index contributed by atoms with van der Waals surface area (Å²) in [6.07, 6.45) is 6.90. The number of amides is 1. The van der Waals surface area contributed by atoms with Gasteiger partial charge in [0.05, 0.1) is 17.3 Å². The lowest BCUT2D eigenvalue weighted by molar-refractivity contribution is 0.102. The first-order valence-electron chi connectivity index (χ1n) is 10.3. The molecule has 4 aromatic rings. The maximum absolute atomic E-state index is 13.3. The zero-order valence-corrected chi connectivity index (χ0v) is 16.9. The monoisotopic (exact) mass is 411 g/mol. The third-order valence-electron chi connectivity index (χ3n) is 5.21. The number of carbonyl (C=O) groups is 1. The van der Waals surface area contributed by atoms with E-state index in [1.165, 1.54) is 6.20 Å². The van der Waals surface area contributed by atoms with Crippen LogP contribution in [0.4, 0.5) is 11.5 Å². The summed E-state index contributed by atoms with van der Waals surface area (Å²) in [6, 6.07) is 17.0. The standard InChI is InChI=1S/C24H21N5O2/c30-24(27-18-7-5-8-19(15-18)31-22-16-25-10-11-26-22)20-14-17-6-1-2-9-21(17)28-23(20)29-12-3-4-13-29/h1-2,5-11,14-16H,3-4,12-13H2,(H,27,30). The molecule has 5 rings (SSSR count). The van der Waals surface area contributed by atoms with Crippen LogP contribution >= 0.6 is 0 Å². The highest BCUT2D eigenvalue weighted by Gasteiger charge is 2.22. The van der Waals surface area contributed by atoms with Crippen LogP contribution in [-0.4, -0.2) is 33.9 Å². The van der Waals surface area contributed by atoms with Crippen LogP contribution in [0.2, 0.25) is 0 Å². The summed E-state index contributed by atoms with van der Waals surface area (Å²) in [7, 11) is 0. The Bertz CT molecular complexity index is 1220. The van der Waals surface area contributed by atoms with Crippen LogP contribution in [0.5, 0.6) is 11.6 Å². The van der Waals surface area contributed by atoms with Crippen molar-refractivity contribution in [3.63, 3.8) is 0 Å². The van der Waals surface area contributed by atoms with E-state index in [1.807, 2.05) is 42.5 Å². The summed E-state index contributed by atoms with van der Waals surface area (Å²) in [4.78, 5) is 28.4. The number of rotatable bonds is 5. The Hall–Kier alpha value is -4.00. The first-order valence-corrected chi connectivity index (χ1v) is 10.3. The molecule has 0 radical (unpaired) electrons. The van der Waals surface area contributed by atoms with Crippen molar-refractivity contribution >= 4 is 28.3 Å². The van der Waals surface area contributed by atoms with Gasteiger partial charge in [-0.15, -0.1) is 0 Å². The molecule has 31 heavy (non-hydrogen) atoms. The molecule has 1 saturated heterocycles. The highest BCUT2D eigenvalue weighted by atomic mass is 16.5. The van der Waals surface area contributed by atoms with Crippen LogP contribution in [-0.2, 0) is 0 Å². The van der Waals surface area contributed by atoms with Gasteiger partial charge in [-0.05, 0) is 37.1 Å². The molecule has 1 N–H and O–H groups in total. The van der Waals surface area contributed by atoms with E-state index in [0.29, 0.717) is 22.9 Å². The van der Waals surface area contributed by atoms with Gasteiger partial charge in [0, 0.05) is 42.6 Å². The van der Waals surface area contributed by atoms with Crippen LogP contribution in [0, 0.1) is 0 Å². The van der Waals surface area contributed by atoms with E-state index in [0.717, 1.165) is 42.7 Å². The highest BCUT2D eigenvalue weighted by molar-refractivity contribution is 6.09. The Kier molecular flexibility index (Phi) is 5.14. The smallest absolute Gasteiger partial charge is 0.259 e. The second-order valence-electron chi connectivity index (χ2n) is 7.37. The largest absolute Gasteiger partial charge is 0.437 e. The van der Waals surface area contributed by atoms with Gasteiger partial charge in [-0.2, -0.15) is 0 Å². The number of nitrogens with one attached hydrogen (secondary N) is 1. The maximum atomic E-state index is 13.3. The van der Waals surface area contributed by atoms with Crippen molar-refractivity contribution in [3.8, 4) is 11.6 Å². The molecule has 0 spiro atoms. The lowest BCUT2D eigenvalue weighted by atomic mass is 10.1. The minimum absolute atomic E-state index is 0.197. The number of anilines is 2. The number of hydrogen-bond acceptors (Lipinski definition) is 6. The van der Waals surface area contributed by atoms with E-state index in [2.05, 4.69) is 20.2 Å². The van der Waals surface area contributed by atoms with Gasteiger partial charge in [0.2, 0.25) is 5.88 Å². The maximum Gasteiger partial charge on any atom is 0.259 e. The number of nitrogens with zero attached hydrogens (tertiary/aromatic N) is 4. The van der Waals surface area contributed by atoms with Gasteiger partial charge in [0.15, 0.2) is 0 Å². The molecular weight excluding hydrogens is 390 g/mol. The van der Waals surface area contributed by atoms with E-state index in [4.69, 9.17) is 9.72 Å². The molecule has 3 heterocycles. The molecule has 1 fully saturated rings. The van der Waals surface area contributed by atoms with Gasteiger partial charge >= 0.3 is 0 Å². The number of ether oxygens (including phenoxy) is 1. The summed E-state index contributed by atoms with van der Waals surface area (Å²) in [5.41, 5.74) is 2.09. The first-order chi connectivity index (χ1) is 15.3. The summed E-state index contributed by atoms with van der Waals surface area (Å²) >= 11 is 0. The molecule has 1 aliphatic rings. The van der Waals surface area contributed by atoms with Gasteiger partial charge in [0.25, 0.3) is 5.91 Å². The van der Waals surface area contributed by atoms with E-state index in [1.54, 1.807) is 24.5 Å². The fourth-order valence-corrected chi connectivity index (χ4v) is 3.74. The van der Waals surface area contributed by atoms with Gasteiger partial charge in [-0.1, -0.05) is 24.3 Å². The zero-order valence-electron chi connectivity index (χ0n) is 16.9. The van der Waals surface area contributed by atoms with Crippen LogP contribution < -0.4 is 15.0 Å². The fraction of sp³-hybridized carbons (Fsp3) is 0.167. The van der Waals surface area contributed by atoms with Gasteiger partial charge < -0.3 is 15.0 Å². The summed E-state index contributed by atoms with van der Waals surface area (Å²) in [6.45, 7) is 1.82. The molecular formula is C24H21N5O2. The molecule has 0 saturated carbocycles. The number of aromatic nitrogens is 3. The van der Waals surface area contributed by atoms with Crippen molar-refractivity contribution in [1.29, 1.82) is 0 Å². The van der Waals surface area contributed by atoms with Crippen molar-refractivity contribution in [3.05, 3.63) is 78.8 Å². The predicted octanol–water partition coefficient (Wildman–Crippen LogP) is 4.67. The number of hydrogen-bond donors (Lipinski definition) is 1. The van der Waals surface area contributed by atoms with Gasteiger partial charge in [-0.25, -0.2) is 9.97 Å². The lowest BCUT2D eigenvalue weighted by Gasteiger charge is -2.20. The number of para-hydroxylation sites is 1. The Morgan fingerprint density at radius 1 is 1.00 bits per heavy atom. The molecule has 1 aliphatic heterocycles. The van der Waals surface area contributed by atoms with Gasteiger partial charge in [-0.3, -0.25) is 9.78 Å². The Balaban J connectivity index is 1.43. The quantitative estimate of drug-likeness (QED) is 0.514. The first kappa shape index (κ1) is 19.0. The van der Waals surface area contributed by atoms with E-state index in [9.17, 15) is 4.79 Å². The summed E-state index contributed by atoms with van der Waals surface area (Å²) < 4.78 is 5.72. The van der Waals surface area contributed by atoms with Crippen LogP contribution in [0.1, 0.15) is 23.2 Å². The average Bonchev–Trinajstić information content (AvgIpc) is 3.34. The summed E-state index contributed by atoms with van der Waals surface area (Å²) in [5.74, 6) is 1.49. The zero-order chi connectivity index (χ0) is 21.0. The van der Waals surface area contributed by atoms with Crippen LogP contribution in [0.3, 0.4) is 0 Å². The number of fused-ring (bicyclic) bond motifs is 1. The van der Waals surface area contributed by atoms with Gasteiger partial charge in [0.1, 0.15) is 11.6 Å². The molecule has 154 valence electrons. The molecule has 2 aromatic carbocycles. The third-order valence-corrected chi connectivity index (χ3v) is 5.21. The average molecular weight is 411 g/mol. The minimum atomic E-state index is -0.197. The fourth-order valence-electron chi connectivity index (χ4n) is 3.74. The second-order valence-corrected chi connectivity index (χ2v) is 7.37. The molecule has 7 heteroatoms. The SMILES string of the molecule is O=C(Nc1cccc(Oc2cnccn2)c1)c1cc2ccccc2nc1N1CCCC1. The van der Waals surface area contributed by atoms with E-state index in [-0.39, 0.29) is 5.91 Å². The number of pyridine rings is 1. The Labute approximate surface area is 179 Å². The van der Waals surface area contributed by atoms with Crippen molar-refractivity contribution in [2.45, 2.75) is 12.8 Å². The number of carbonyl (C=O) groups excluding carboxylic acids is 1. The Morgan fingerprint density at radius 3 is 2.71 bits per heavy atom. The summed E-state index contributed by atoms with van der Waals surface area (Å²) in [5, 5.41) is 3.93. The lowest BCUT2D eigenvalue weighted by Crippen LogP contribution is -2.24. The molecule has 1 amide bonds. The van der Waals surface area contributed by atoms with Crippen molar-refractivity contribution in [2.75, 3.05) is 23.3 Å². The molecule has 0 aliphatic carbocycles.